The predicted octanol–water partition coefficient (Wildman–Crippen LogP) is 5.82. The Morgan fingerprint density at radius 2 is 1.87 bits per heavy atom. The van der Waals surface area contributed by atoms with Crippen molar-refractivity contribution >= 4 is 34.2 Å². The molecular weight excluding hydrogens is 396 g/mol. The number of aromatic nitrogens is 3. The molecule has 0 bridgehead atoms. The summed E-state index contributed by atoms with van der Waals surface area (Å²) < 4.78 is 1.83. The second-order valence-electron chi connectivity index (χ2n) is 7.81. The van der Waals surface area contributed by atoms with Crippen LogP contribution in [0, 0.1) is 13.8 Å². The van der Waals surface area contributed by atoms with Crippen molar-refractivity contribution < 1.29 is 4.79 Å². The summed E-state index contributed by atoms with van der Waals surface area (Å²) in [5, 5.41) is 9.11. The lowest BCUT2D eigenvalue weighted by molar-refractivity contribution is 0.102. The fourth-order valence-electron chi connectivity index (χ4n) is 3.74. The third-order valence-corrected chi connectivity index (χ3v) is 5.76. The van der Waals surface area contributed by atoms with E-state index in [0.717, 1.165) is 46.5 Å². The summed E-state index contributed by atoms with van der Waals surface area (Å²) in [4.78, 5) is 18.3. The van der Waals surface area contributed by atoms with E-state index in [2.05, 4.69) is 5.32 Å². The van der Waals surface area contributed by atoms with Crippen molar-refractivity contribution in [2.75, 3.05) is 5.32 Å². The summed E-state index contributed by atoms with van der Waals surface area (Å²) in [7, 11) is 0. The number of fused-ring (bicyclic) bond motifs is 1. The number of amides is 1. The SMILES string of the molecule is Cc1ccc(Cl)cc1NC(=O)c1cc(C2CC2)nc2c1c(C)nn2-c1ccccc1. The molecule has 1 fully saturated rings. The molecule has 2 aromatic carbocycles. The fraction of sp³-hybridized carbons (Fsp3) is 0.208. The van der Waals surface area contributed by atoms with E-state index in [1.807, 2.05) is 67.1 Å². The standard InChI is InChI=1S/C24H21ClN4O/c1-14-8-11-17(25)12-20(14)27-24(30)19-13-21(16-9-10-16)26-23-22(19)15(2)28-29(23)18-6-4-3-5-7-18/h3-8,11-13,16H,9-10H2,1-2H3,(H,27,30). The molecule has 0 aliphatic heterocycles. The fourth-order valence-corrected chi connectivity index (χ4v) is 3.92. The number of nitrogens with one attached hydrogen (secondary N) is 1. The largest absolute Gasteiger partial charge is 0.322 e. The van der Waals surface area contributed by atoms with E-state index < -0.39 is 0 Å². The van der Waals surface area contributed by atoms with Gasteiger partial charge < -0.3 is 5.32 Å². The average Bonchev–Trinajstić information content (AvgIpc) is 3.54. The first-order valence-corrected chi connectivity index (χ1v) is 10.4. The molecule has 2 aromatic heterocycles. The lowest BCUT2D eigenvalue weighted by Crippen LogP contribution is -2.14. The van der Waals surface area contributed by atoms with Gasteiger partial charge in [-0.1, -0.05) is 35.9 Å². The first-order chi connectivity index (χ1) is 14.5. The van der Waals surface area contributed by atoms with E-state index in [1.165, 1.54) is 0 Å². The first kappa shape index (κ1) is 18.8. The third kappa shape index (κ3) is 3.35. The number of hydrogen-bond acceptors (Lipinski definition) is 3. The van der Waals surface area contributed by atoms with Crippen molar-refractivity contribution in [3.05, 3.63) is 82.1 Å². The smallest absolute Gasteiger partial charge is 0.256 e. The molecule has 1 amide bonds. The number of halogens is 1. The van der Waals surface area contributed by atoms with Crippen molar-refractivity contribution in [2.24, 2.45) is 0 Å². The number of anilines is 1. The van der Waals surface area contributed by atoms with E-state index in [0.29, 0.717) is 22.2 Å². The van der Waals surface area contributed by atoms with Gasteiger partial charge in [0.25, 0.3) is 5.91 Å². The highest BCUT2D eigenvalue weighted by atomic mass is 35.5. The van der Waals surface area contributed by atoms with Crippen LogP contribution >= 0.6 is 11.6 Å². The molecule has 0 radical (unpaired) electrons. The quantitative estimate of drug-likeness (QED) is 0.456. The minimum Gasteiger partial charge on any atom is -0.322 e. The number of para-hydroxylation sites is 1. The lowest BCUT2D eigenvalue weighted by atomic mass is 10.1. The maximum atomic E-state index is 13.4. The zero-order valence-electron chi connectivity index (χ0n) is 16.8. The monoisotopic (exact) mass is 416 g/mol. The lowest BCUT2D eigenvalue weighted by Gasteiger charge is -2.11. The number of pyridine rings is 1. The number of hydrogen-bond donors (Lipinski definition) is 1. The highest BCUT2D eigenvalue weighted by molar-refractivity contribution is 6.31. The molecular formula is C24H21ClN4O. The molecule has 1 aliphatic rings. The van der Waals surface area contributed by atoms with E-state index in [-0.39, 0.29) is 5.91 Å². The predicted molar refractivity (Wildman–Crippen MR) is 120 cm³/mol. The zero-order valence-corrected chi connectivity index (χ0v) is 17.6. The molecule has 1 aliphatic carbocycles. The Kier molecular flexibility index (Phi) is 4.55. The second-order valence-corrected chi connectivity index (χ2v) is 8.25. The van der Waals surface area contributed by atoms with Gasteiger partial charge in [-0.3, -0.25) is 4.79 Å². The van der Waals surface area contributed by atoms with Crippen LogP contribution in [0.3, 0.4) is 0 Å². The van der Waals surface area contributed by atoms with Gasteiger partial charge in [-0.15, -0.1) is 0 Å². The Balaban J connectivity index is 1.66. The van der Waals surface area contributed by atoms with Gasteiger partial charge in [-0.2, -0.15) is 5.10 Å². The minimum absolute atomic E-state index is 0.176. The van der Waals surface area contributed by atoms with Crippen LogP contribution in [0.2, 0.25) is 5.02 Å². The Morgan fingerprint density at radius 1 is 1.10 bits per heavy atom. The van der Waals surface area contributed by atoms with Crippen LogP contribution in [0.4, 0.5) is 5.69 Å². The summed E-state index contributed by atoms with van der Waals surface area (Å²) in [5.74, 6) is 0.235. The maximum Gasteiger partial charge on any atom is 0.256 e. The van der Waals surface area contributed by atoms with E-state index in [1.54, 1.807) is 6.07 Å². The van der Waals surface area contributed by atoms with Gasteiger partial charge in [0.1, 0.15) is 0 Å². The van der Waals surface area contributed by atoms with Crippen LogP contribution in [0.15, 0.2) is 54.6 Å². The summed E-state index contributed by atoms with van der Waals surface area (Å²) in [6, 6.07) is 17.3. The van der Waals surface area contributed by atoms with Crippen molar-refractivity contribution in [1.29, 1.82) is 0 Å². The molecule has 1 saturated carbocycles. The molecule has 4 aromatic rings. The summed E-state index contributed by atoms with van der Waals surface area (Å²) in [5.41, 5.74) is 5.63. The summed E-state index contributed by atoms with van der Waals surface area (Å²) >= 11 is 6.14. The van der Waals surface area contributed by atoms with Gasteiger partial charge in [0.15, 0.2) is 5.65 Å². The molecule has 0 saturated heterocycles. The molecule has 0 spiro atoms. The number of carbonyl (C=O) groups excluding carboxylic acids is 1. The number of aryl methyl sites for hydroxylation is 2. The van der Waals surface area contributed by atoms with E-state index >= 15 is 0 Å². The number of nitrogens with zero attached hydrogens (tertiary/aromatic N) is 3. The zero-order chi connectivity index (χ0) is 20.8. The van der Waals surface area contributed by atoms with E-state index in [4.69, 9.17) is 21.7 Å². The third-order valence-electron chi connectivity index (χ3n) is 5.52. The normalized spacial score (nSPS) is 13.6. The van der Waals surface area contributed by atoms with Crippen LogP contribution in [-0.2, 0) is 0 Å². The van der Waals surface area contributed by atoms with Crippen molar-refractivity contribution in [3.63, 3.8) is 0 Å². The second kappa shape index (κ2) is 7.26. The molecule has 5 nitrogen and oxygen atoms in total. The Labute approximate surface area is 179 Å². The molecule has 2 heterocycles. The minimum atomic E-state index is -0.176. The van der Waals surface area contributed by atoms with Crippen LogP contribution in [0.5, 0.6) is 0 Å². The highest BCUT2D eigenvalue weighted by Crippen LogP contribution is 2.41. The van der Waals surface area contributed by atoms with Crippen molar-refractivity contribution in [2.45, 2.75) is 32.6 Å². The summed E-state index contributed by atoms with van der Waals surface area (Å²) in [6.07, 6.45) is 2.21. The van der Waals surface area contributed by atoms with Gasteiger partial charge in [-0.05, 0) is 62.6 Å². The topological polar surface area (TPSA) is 59.8 Å². The van der Waals surface area contributed by atoms with Gasteiger partial charge >= 0.3 is 0 Å². The summed E-state index contributed by atoms with van der Waals surface area (Å²) in [6.45, 7) is 3.87. The van der Waals surface area contributed by atoms with Crippen LogP contribution in [0.1, 0.15) is 46.1 Å². The number of rotatable bonds is 4. The maximum absolute atomic E-state index is 13.4. The molecule has 150 valence electrons. The van der Waals surface area contributed by atoms with Crippen molar-refractivity contribution in [3.8, 4) is 5.69 Å². The van der Waals surface area contributed by atoms with Crippen LogP contribution in [0.25, 0.3) is 16.7 Å². The Hall–Kier alpha value is -3.18. The molecule has 30 heavy (non-hydrogen) atoms. The molecule has 6 heteroatoms. The molecule has 1 N–H and O–H groups in total. The molecule has 0 unspecified atom stereocenters. The van der Waals surface area contributed by atoms with Gasteiger partial charge in [0.2, 0.25) is 0 Å². The number of benzene rings is 2. The van der Waals surface area contributed by atoms with Gasteiger partial charge in [0.05, 0.1) is 22.3 Å². The van der Waals surface area contributed by atoms with Crippen LogP contribution in [-0.4, -0.2) is 20.7 Å². The Bertz CT molecular complexity index is 1280. The number of carbonyl (C=O) groups is 1. The Morgan fingerprint density at radius 3 is 2.60 bits per heavy atom. The highest BCUT2D eigenvalue weighted by Gasteiger charge is 2.29. The van der Waals surface area contributed by atoms with Crippen LogP contribution < -0.4 is 5.32 Å². The molecule has 0 atom stereocenters. The van der Waals surface area contributed by atoms with Gasteiger partial charge in [-0.25, -0.2) is 9.67 Å². The van der Waals surface area contributed by atoms with Gasteiger partial charge in [0, 0.05) is 22.3 Å². The molecule has 5 rings (SSSR count). The first-order valence-electron chi connectivity index (χ1n) is 10.0. The average molecular weight is 417 g/mol. The van der Waals surface area contributed by atoms with Crippen molar-refractivity contribution in [1.82, 2.24) is 14.8 Å². The van der Waals surface area contributed by atoms with E-state index in [9.17, 15) is 4.79 Å².